The maximum Gasteiger partial charge on any atom is 2.00 e. The Bertz CT molecular complexity index is 48.3. The molecule has 0 aromatic carbocycles. The molecule has 0 radical (unpaired) electrons. The third-order valence-electron chi connectivity index (χ3n) is 0. The summed E-state index contributed by atoms with van der Waals surface area (Å²) < 4.78 is 0. The molecule has 0 atom stereocenters. The van der Waals surface area contributed by atoms with Crippen LogP contribution in [0.15, 0.2) is 0 Å². The van der Waals surface area contributed by atoms with Crippen molar-refractivity contribution >= 4 is 84.3 Å². The van der Waals surface area contributed by atoms with E-state index < -0.39 is 6.16 Å². The summed E-state index contributed by atoms with van der Waals surface area (Å²) >= 11 is 0. The van der Waals surface area contributed by atoms with Crippen LogP contribution >= 0.6 is 0 Å². The summed E-state index contributed by atoms with van der Waals surface area (Å²) in [4.78, 5) is 8.56. The first-order valence-electron chi connectivity index (χ1n) is 0.651. The van der Waals surface area contributed by atoms with Gasteiger partial charge in [0.2, 0.25) is 0 Å². The van der Waals surface area contributed by atoms with Crippen LogP contribution in [0.4, 0.5) is 4.79 Å². The van der Waals surface area contributed by atoms with Gasteiger partial charge in [-0.05, 0) is 0 Å². The predicted octanol–water partition coefficient (Wildman–Crippen LogP) is -1.27. The van der Waals surface area contributed by atoms with Crippen LogP contribution in [-0.2, 0) is 0 Å². The SMILES string of the molecule is O=C(O)O.[AlH3].[Ca+2].[H-].[H-].[H-].[H-].[Mg+2]. The fraction of sp³-hybridized carbons (Fsp3) is 0. The summed E-state index contributed by atoms with van der Waals surface area (Å²) in [6, 6.07) is 0. The second kappa shape index (κ2) is 15.7. The molecule has 0 aliphatic heterocycles. The fourth-order valence-corrected chi connectivity index (χ4v) is 0. The fourth-order valence-electron chi connectivity index (χ4n) is 0. The Kier molecular flexibility index (Phi) is 51.9. The normalized spacial score (nSPS) is 3.43. The zero-order chi connectivity index (χ0) is 3.58. The zero-order valence-corrected chi connectivity index (χ0v) is 6.84. The average Bonchev–Trinajstić information content (AvgIpc) is 0.811. The Hall–Kier alpha value is 1.83. The quantitative estimate of drug-likeness (QED) is 0.434. The van der Waals surface area contributed by atoms with Crippen LogP contribution in [0.1, 0.15) is 5.71 Å². The largest absolute Gasteiger partial charge is 2.00 e. The van der Waals surface area contributed by atoms with E-state index in [1.165, 1.54) is 0 Å². The smallest absolute Gasteiger partial charge is 1.00 e. The maximum absolute atomic E-state index is 8.56. The molecule has 0 aliphatic rings. The molecule has 0 fully saturated rings. The Morgan fingerprint density at radius 1 is 1.43 bits per heavy atom. The first-order chi connectivity index (χ1) is 1.73. The zero-order valence-electron chi connectivity index (χ0n) is 7.22. The van der Waals surface area contributed by atoms with Gasteiger partial charge in [-0.2, -0.15) is 0 Å². The number of hydrogen-bond acceptors (Lipinski definition) is 1. The van der Waals surface area contributed by atoms with Crippen LogP contribution in [0.25, 0.3) is 0 Å². The van der Waals surface area contributed by atoms with Crippen molar-refractivity contribution in [2.24, 2.45) is 0 Å². The van der Waals surface area contributed by atoms with Gasteiger partial charge in [-0.25, -0.2) is 4.79 Å². The molecule has 0 spiro atoms. The average molecular weight is 160 g/mol. The van der Waals surface area contributed by atoms with Crippen molar-refractivity contribution in [1.82, 2.24) is 0 Å². The van der Waals surface area contributed by atoms with Crippen molar-refractivity contribution in [3.63, 3.8) is 0 Å². The molecule has 38 valence electrons. The topological polar surface area (TPSA) is 57.5 Å². The summed E-state index contributed by atoms with van der Waals surface area (Å²) in [6.45, 7) is 0. The van der Waals surface area contributed by atoms with E-state index in [0.717, 1.165) is 0 Å². The van der Waals surface area contributed by atoms with Crippen molar-refractivity contribution < 1.29 is 20.7 Å². The minimum atomic E-state index is -1.83. The Labute approximate surface area is 104 Å². The van der Waals surface area contributed by atoms with E-state index in [4.69, 9.17) is 15.0 Å². The van der Waals surface area contributed by atoms with Gasteiger partial charge in [-0.1, -0.05) is 0 Å². The van der Waals surface area contributed by atoms with Crippen LogP contribution in [-0.4, -0.2) is 94.5 Å². The van der Waals surface area contributed by atoms with Crippen molar-refractivity contribution in [3.8, 4) is 0 Å². The summed E-state index contributed by atoms with van der Waals surface area (Å²) in [6.07, 6.45) is -1.83. The van der Waals surface area contributed by atoms with Gasteiger partial charge in [0, 0.05) is 0 Å². The van der Waals surface area contributed by atoms with E-state index in [9.17, 15) is 0 Å². The first kappa shape index (κ1) is 23.2. The Morgan fingerprint density at radius 2 is 1.43 bits per heavy atom. The van der Waals surface area contributed by atoms with Gasteiger partial charge < -0.3 is 15.9 Å². The Morgan fingerprint density at radius 3 is 1.43 bits per heavy atom. The first-order valence-corrected chi connectivity index (χ1v) is 0.651. The van der Waals surface area contributed by atoms with E-state index in [0.29, 0.717) is 0 Å². The van der Waals surface area contributed by atoms with Crippen LogP contribution < -0.4 is 0 Å². The number of rotatable bonds is 0. The molecule has 0 rings (SSSR count). The molecule has 6 heteroatoms. The van der Waals surface area contributed by atoms with Gasteiger partial charge >= 0.3 is 66.9 Å². The molecule has 2 N–H and O–H groups in total. The van der Waals surface area contributed by atoms with Crippen molar-refractivity contribution in [2.75, 3.05) is 0 Å². The molecule has 0 aromatic heterocycles. The van der Waals surface area contributed by atoms with Gasteiger partial charge in [0.05, 0.1) is 0 Å². The molecule has 0 aromatic rings. The minimum Gasteiger partial charge on any atom is -1.00 e. The van der Waals surface area contributed by atoms with Crippen LogP contribution in [0.5, 0.6) is 0 Å². The molecule has 0 saturated heterocycles. The molecule has 0 amide bonds. The molecular formula is CH9AlCaMgO3. The second-order valence-electron chi connectivity index (χ2n) is 0.283. The molecule has 0 bridgehead atoms. The summed E-state index contributed by atoms with van der Waals surface area (Å²) in [7, 11) is 0. The molecule has 3 nitrogen and oxygen atoms in total. The van der Waals surface area contributed by atoms with Crippen LogP contribution in [0.2, 0.25) is 0 Å². The van der Waals surface area contributed by atoms with Crippen molar-refractivity contribution in [3.05, 3.63) is 0 Å². The predicted molar refractivity (Wildman–Crippen MR) is 36.5 cm³/mol. The van der Waals surface area contributed by atoms with Crippen LogP contribution in [0, 0.1) is 0 Å². The van der Waals surface area contributed by atoms with E-state index in [2.05, 4.69) is 0 Å². The number of hydrogen-bond donors (Lipinski definition) is 2. The van der Waals surface area contributed by atoms with Gasteiger partial charge in [-0.15, -0.1) is 0 Å². The van der Waals surface area contributed by atoms with Gasteiger partial charge in [-0.3, -0.25) is 0 Å². The van der Waals surface area contributed by atoms with Crippen molar-refractivity contribution in [1.29, 1.82) is 0 Å². The van der Waals surface area contributed by atoms with Crippen LogP contribution in [0.3, 0.4) is 0 Å². The Balaban J connectivity index is -0.00000000214. The third-order valence-corrected chi connectivity index (χ3v) is 0. The van der Waals surface area contributed by atoms with E-state index in [-0.39, 0.29) is 83.9 Å². The molecule has 0 saturated carbocycles. The molecule has 0 aliphatic carbocycles. The minimum absolute atomic E-state index is 0. The van der Waals surface area contributed by atoms with E-state index >= 15 is 0 Å². The second-order valence-corrected chi connectivity index (χ2v) is 0.283. The number of carbonyl (C=O) groups is 1. The van der Waals surface area contributed by atoms with E-state index in [1.807, 2.05) is 0 Å². The number of carboxylic acid groups (broad SMARTS) is 2. The molecule has 7 heavy (non-hydrogen) atoms. The van der Waals surface area contributed by atoms with Gasteiger partial charge in [0.25, 0.3) is 0 Å². The standard InChI is InChI=1S/CH2O3.Al.Ca.Mg.7H/c2-1(3)4;;;;;;;;;;/h(H2,2,3,4);;;;;;;;;;/q;;2*+2;;;;4*-1. The molecular weight excluding hydrogens is 151 g/mol. The molecule has 0 unspecified atom stereocenters. The maximum atomic E-state index is 8.56. The monoisotopic (exact) mass is 160 g/mol. The van der Waals surface area contributed by atoms with Crippen molar-refractivity contribution in [2.45, 2.75) is 0 Å². The molecule has 0 heterocycles. The van der Waals surface area contributed by atoms with Gasteiger partial charge in [0.15, 0.2) is 17.4 Å². The third kappa shape index (κ3) is 79.5. The van der Waals surface area contributed by atoms with Gasteiger partial charge in [0.1, 0.15) is 0 Å². The summed E-state index contributed by atoms with van der Waals surface area (Å²) in [5.74, 6) is 0. The van der Waals surface area contributed by atoms with E-state index in [1.54, 1.807) is 0 Å². The summed E-state index contributed by atoms with van der Waals surface area (Å²) in [5.41, 5.74) is 0. The summed E-state index contributed by atoms with van der Waals surface area (Å²) in [5, 5.41) is 13.9.